The number of nitrogens with two attached hydrogens (primary N) is 1. The molecule has 0 saturated heterocycles. The lowest BCUT2D eigenvalue weighted by Crippen LogP contribution is -2.01. The molecule has 3 rings (SSSR count). The number of H-pyrrole nitrogens is 1. The second kappa shape index (κ2) is 4.85. The molecule has 0 aliphatic carbocycles. The van der Waals surface area contributed by atoms with Crippen LogP contribution in [0.2, 0.25) is 0 Å². The van der Waals surface area contributed by atoms with E-state index in [0.29, 0.717) is 5.82 Å². The van der Waals surface area contributed by atoms with Gasteiger partial charge in [0.1, 0.15) is 11.6 Å². The van der Waals surface area contributed by atoms with Crippen LogP contribution in [0.5, 0.6) is 5.75 Å². The molecule has 0 unspecified atom stereocenters. The first-order chi connectivity index (χ1) is 9.65. The average molecular weight is 274 g/mol. The lowest BCUT2D eigenvalue weighted by Gasteiger charge is -2.06. The third-order valence-corrected chi connectivity index (χ3v) is 3.10. The second-order valence-electron chi connectivity index (χ2n) is 4.36. The number of halogens is 2. The summed E-state index contributed by atoms with van der Waals surface area (Å²) in [7, 11) is 0. The highest BCUT2D eigenvalue weighted by Gasteiger charge is 2.11. The van der Waals surface area contributed by atoms with Crippen molar-refractivity contribution in [3.8, 4) is 16.9 Å². The number of alkyl halides is 2. The Morgan fingerprint density at radius 1 is 1.00 bits per heavy atom. The minimum Gasteiger partial charge on any atom is -0.435 e. The minimum absolute atomic E-state index is 0.127. The number of hydrogen-bond acceptors (Lipinski definition) is 2. The molecule has 0 amide bonds. The van der Waals surface area contributed by atoms with Crippen molar-refractivity contribution in [2.45, 2.75) is 6.61 Å². The number of fused-ring (bicyclic) bond motifs is 1. The number of nitrogens with one attached hydrogen (secondary N) is 1. The van der Waals surface area contributed by atoms with Crippen LogP contribution in [0, 0.1) is 0 Å². The van der Waals surface area contributed by atoms with E-state index in [0.717, 1.165) is 22.0 Å². The maximum Gasteiger partial charge on any atom is 0.387 e. The highest BCUT2D eigenvalue weighted by atomic mass is 19.3. The van der Waals surface area contributed by atoms with Crippen molar-refractivity contribution in [3.05, 3.63) is 48.5 Å². The summed E-state index contributed by atoms with van der Waals surface area (Å²) in [5.74, 6) is 0.677. The first-order valence-corrected chi connectivity index (χ1v) is 6.06. The summed E-state index contributed by atoms with van der Waals surface area (Å²) < 4.78 is 28.6. The normalized spacial score (nSPS) is 11.2. The van der Waals surface area contributed by atoms with E-state index in [2.05, 4.69) is 9.72 Å². The zero-order chi connectivity index (χ0) is 14.1. The Hall–Kier alpha value is -2.56. The second-order valence-corrected chi connectivity index (χ2v) is 4.36. The Morgan fingerprint density at radius 3 is 2.40 bits per heavy atom. The van der Waals surface area contributed by atoms with E-state index in [1.165, 1.54) is 12.1 Å². The van der Waals surface area contributed by atoms with Gasteiger partial charge in [-0.25, -0.2) is 0 Å². The lowest BCUT2D eigenvalue weighted by atomic mass is 10.0. The van der Waals surface area contributed by atoms with Crippen molar-refractivity contribution < 1.29 is 13.5 Å². The summed E-state index contributed by atoms with van der Waals surface area (Å²) in [6.45, 7) is -2.82. The molecule has 0 aliphatic rings. The summed E-state index contributed by atoms with van der Waals surface area (Å²) >= 11 is 0. The van der Waals surface area contributed by atoms with Crippen LogP contribution in [-0.4, -0.2) is 11.6 Å². The number of nitrogen functional groups attached to an aromatic ring is 1. The molecular formula is C15H12F2N2O. The first-order valence-electron chi connectivity index (χ1n) is 6.06. The molecule has 0 bridgehead atoms. The van der Waals surface area contributed by atoms with E-state index in [9.17, 15) is 8.78 Å². The Kier molecular flexibility index (Phi) is 3.02. The van der Waals surface area contributed by atoms with Gasteiger partial charge in [-0.15, -0.1) is 0 Å². The number of benzene rings is 2. The topological polar surface area (TPSA) is 51.0 Å². The van der Waals surface area contributed by atoms with Gasteiger partial charge in [-0.3, -0.25) is 0 Å². The van der Waals surface area contributed by atoms with Crippen molar-refractivity contribution in [2.24, 2.45) is 0 Å². The van der Waals surface area contributed by atoms with Crippen molar-refractivity contribution in [1.82, 2.24) is 4.98 Å². The van der Waals surface area contributed by atoms with Crippen LogP contribution in [0.3, 0.4) is 0 Å². The zero-order valence-electron chi connectivity index (χ0n) is 10.4. The standard InChI is InChI=1S/C15H12F2N2O/c16-15(17)20-10-7-5-9(6-8-10)13-11-3-1-2-4-12(11)19-14(13)18/h1-8,15,19H,18H2. The smallest absolute Gasteiger partial charge is 0.387 e. The molecule has 2 aromatic carbocycles. The molecule has 102 valence electrons. The van der Waals surface area contributed by atoms with Crippen LogP contribution >= 0.6 is 0 Å². The van der Waals surface area contributed by atoms with E-state index < -0.39 is 6.61 Å². The Bertz CT molecular complexity index is 735. The Morgan fingerprint density at radius 2 is 1.70 bits per heavy atom. The van der Waals surface area contributed by atoms with Crippen LogP contribution < -0.4 is 10.5 Å². The molecule has 0 atom stereocenters. The molecule has 0 saturated carbocycles. The average Bonchev–Trinajstić information content (AvgIpc) is 2.75. The largest absolute Gasteiger partial charge is 0.435 e. The van der Waals surface area contributed by atoms with Crippen LogP contribution in [-0.2, 0) is 0 Å². The van der Waals surface area contributed by atoms with Crippen LogP contribution in [0.4, 0.5) is 14.6 Å². The minimum atomic E-state index is -2.82. The lowest BCUT2D eigenvalue weighted by molar-refractivity contribution is -0.0498. The fourth-order valence-corrected chi connectivity index (χ4v) is 2.28. The predicted octanol–water partition coefficient (Wildman–Crippen LogP) is 4.02. The van der Waals surface area contributed by atoms with Crippen LogP contribution in [0.15, 0.2) is 48.5 Å². The predicted molar refractivity (Wildman–Crippen MR) is 74.8 cm³/mol. The maximum absolute atomic E-state index is 12.1. The molecule has 3 nitrogen and oxygen atoms in total. The van der Waals surface area contributed by atoms with Crippen molar-refractivity contribution in [2.75, 3.05) is 5.73 Å². The molecule has 1 aromatic heterocycles. The summed E-state index contributed by atoms with van der Waals surface area (Å²) in [6.07, 6.45) is 0. The highest BCUT2D eigenvalue weighted by molar-refractivity contribution is 6.01. The van der Waals surface area contributed by atoms with Gasteiger partial charge in [0.2, 0.25) is 0 Å². The summed E-state index contributed by atoms with van der Waals surface area (Å²) in [5.41, 5.74) is 8.65. The molecule has 1 heterocycles. The first kappa shape index (κ1) is 12.5. The van der Waals surface area contributed by atoms with Crippen molar-refractivity contribution >= 4 is 16.7 Å². The fraction of sp³-hybridized carbons (Fsp3) is 0.0667. The van der Waals surface area contributed by atoms with E-state index in [4.69, 9.17) is 5.73 Å². The maximum atomic E-state index is 12.1. The van der Waals surface area contributed by atoms with Gasteiger partial charge in [0, 0.05) is 16.5 Å². The van der Waals surface area contributed by atoms with Gasteiger partial charge in [-0.05, 0) is 23.8 Å². The van der Waals surface area contributed by atoms with Gasteiger partial charge in [0.15, 0.2) is 0 Å². The summed E-state index contributed by atoms with van der Waals surface area (Å²) in [5, 5.41) is 0.993. The van der Waals surface area contributed by atoms with E-state index in [1.807, 2.05) is 24.3 Å². The number of aromatic nitrogens is 1. The molecule has 5 heteroatoms. The third kappa shape index (κ3) is 2.18. The molecular weight excluding hydrogens is 262 g/mol. The number of rotatable bonds is 3. The van der Waals surface area contributed by atoms with Gasteiger partial charge < -0.3 is 15.5 Å². The molecule has 0 radical (unpaired) electrons. The van der Waals surface area contributed by atoms with Gasteiger partial charge in [-0.2, -0.15) is 8.78 Å². The molecule has 0 fully saturated rings. The Balaban J connectivity index is 2.05. The Labute approximate surface area is 114 Å². The number of hydrogen-bond donors (Lipinski definition) is 2. The van der Waals surface area contributed by atoms with Crippen molar-refractivity contribution in [3.63, 3.8) is 0 Å². The monoisotopic (exact) mass is 274 g/mol. The fourth-order valence-electron chi connectivity index (χ4n) is 2.28. The molecule has 20 heavy (non-hydrogen) atoms. The summed E-state index contributed by atoms with van der Waals surface area (Å²) in [4.78, 5) is 3.10. The third-order valence-electron chi connectivity index (χ3n) is 3.10. The van der Waals surface area contributed by atoms with Gasteiger partial charge in [0.05, 0.1) is 0 Å². The van der Waals surface area contributed by atoms with Crippen LogP contribution in [0.25, 0.3) is 22.0 Å². The molecule has 3 aromatic rings. The van der Waals surface area contributed by atoms with Crippen molar-refractivity contribution in [1.29, 1.82) is 0 Å². The SMILES string of the molecule is Nc1[nH]c2ccccc2c1-c1ccc(OC(F)F)cc1. The van der Waals surface area contributed by atoms with E-state index in [1.54, 1.807) is 12.1 Å². The van der Waals surface area contributed by atoms with E-state index in [-0.39, 0.29) is 5.75 Å². The van der Waals surface area contributed by atoms with Gasteiger partial charge in [-0.1, -0.05) is 30.3 Å². The van der Waals surface area contributed by atoms with Gasteiger partial charge in [0.25, 0.3) is 0 Å². The molecule has 3 N–H and O–H groups in total. The number of para-hydroxylation sites is 1. The summed E-state index contributed by atoms with van der Waals surface area (Å²) in [6, 6.07) is 14.2. The number of aromatic amines is 1. The number of ether oxygens (including phenoxy) is 1. The van der Waals surface area contributed by atoms with Gasteiger partial charge >= 0.3 is 6.61 Å². The quantitative estimate of drug-likeness (QED) is 0.758. The molecule has 0 aliphatic heterocycles. The highest BCUT2D eigenvalue weighted by Crippen LogP contribution is 2.34. The zero-order valence-corrected chi connectivity index (χ0v) is 10.4. The number of anilines is 1. The van der Waals surface area contributed by atoms with Crippen LogP contribution in [0.1, 0.15) is 0 Å². The molecule has 0 spiro atoms. The van der Waals surface area contributed by atoms with E-state index >= 15 is 0 Å².